The van der Waals surface area contributed by atoms with E-state index in [1.165, 1.54) is 0 Å². The van der Waals surface area contributed by atoms with Gasteiger partial charge in [-0.15, -0.1) is 4.72 Å². The standard InChI is InChI=1S/C23H34N2O3S/c1-16-13-17(7-10-24-29(27)22(2,3)4)21-18(14-16)19(26)15-20(28-21)25-11-8-23(5,6)9-12-25/h13-15,24H,7-12H2,1-6H3/t29-/m1/s1. The van der Waals surface area contributed by atoms with Crippen molar-refractivity contribution in [2.24, 2.45) is 5.41 Å². The van der Waals surface area contributed by atoms with E-state index in [1.807, 2.05) is 33.8 Å². The number of nitrogens with zero attached hydrogens (tertiary/aromatic N) is 1. The zero-order valence-electron chi connectivity index (χ0n) is 18.6. The van der Waals surface area contributed by atoms with Crippen LogP contribution < -0.4 is 15.1 Å². The summed E-state index contributed by atoms with van der Waals surface area (Å²) in [4.78, 5) is 15.0. The van der Waals surface area contributed by atoms with Crippen molar-refractivity contribution < 1.29 is 8.97 Å². The smallest absolute Gasteiger partial charge is 0.199 e. The number of fused-ring (bicyclic) bond motifs is 1. The van der Waals surface area contributed by atoms with Crippen LogP contribution in [0.2, 0.25) is 0 Å². The molecule has 29 heavy (non-hydrogen) atoms. The third-order valence-corrected chi connectivity index (χ3v) is 7.23. The van der Waals surface area contributed by atoms with Crippen LogP contribution in [0.4, 0.5) is 5.88 Å². The van der Waals surface area contributed by atoms with Gasteiger partial charge in [-0.1, -0.05) is 19.9 Å². The molecule has 1 fully saturated rings. The van der Waals surface area contributed by atoms with Crippen LogP contribution in [0.1, 0.15) is 58.6 Å². The summed E-state index contributed by atoms with van der Waals surface area (Å²) in [6.07, 6.45) is 2.81. The molecule has 0 saturated carbocycles. The van der Waals surface area contributed by atoms with Crippen molar-refractivity contribution >= 4 is 28.2 Å². The molecule has 1 N–H and O–H groups in total. The van der Waals surface area contributed by atoms with Crippen LogP contribution in [0, 0.1) is 12.3 Å². The fraction of sp³-hybridized carbons (Fsp3) is 0.609. The van der Waals surface area contributed by atoms with E-state index in [1.54, 1.807) is 6.07 Å². The third-order valence-electron chi connectivity index (χ3n) is 5.65. The van der Waals surface area contributed by atoms with Gasteiger partial charge in [0.05, 0.1) is 5.39 Å². The number of rotatable bonds is 5. The molecule has 0 spiro atoms. The molecule has 5 nitrogen and oxygen atoms in total. The van der Waals surface area contributed by atoms with Crippen molar-refractivity contribution in [1.82, 2.24) is 4.72 Å². The van der Waals surface area contributed by atoms with Gasteiger partial charge in [0.25, 0.3) is 0 Å². The van der Waals surface area contributed by atoms with E-state index in [9.17, 15) is 9.35 Å². The highest BCUT2D eigenvalue weighted by Gasteiger charge is 2.28. The summed E-state index contributed by atoms with van der Waals surface area (Å²) in [7, 11) is 0. The molecule has 0 aliphatic carbocycles. The number of benzene rings is 1. The lowest BCUT2D eigenvalue weighted by Gasteiger charge is -2.37. The van der Waals surface area contributed by atoms with Crippen molar-refractivity contribution in [2.45, 2.75) is 65.6 Å². The lowest BCUT2D eigenvalue weighted by molar-refractivity contribution is 0.274. The van der Waals surface area contributed by atoms with Crippen molar-refractivity contribution in [1.29, 1.82) is 0 Å². The van der Waals surface area contributed by atoms with Gasteiger partial charge in [-0.3, -0.25) is 4.79 Å². The van der Waals surface area contributed by atoms with E-state index in [-0.39, 0.29) is 10.2 Å². The maximum absolute atomic E-state index is 12.8. The summed E-state index contributed by atoms with van der Waals surface area (Å²) in [5.74, 6) is 0.661. The Kier molecular flexibility index (Phi) is 6.37. The third kappa shape index (κ3) is 5.36. The minimum Gasteiger partial charge on any atom is -0.598 e. The van der Waals surface area contributed by atoms with Gasteiger partial charge in [0.2, 0.25) is 0 Å². The Morgan fingerprint density at radius 3 is 2.48 bits per heavy atom. The molecule has 3 rings (SSSR count). The normalized spacial score (nSPS) is 18.2. The fourth-order valence-corrected chi connectivity index (χ4v) is 4.37. The van der Waals surface area contributed by atoms with Crippen LogP contribution in [0.3, 0.4) is 0 Å². The summed E-state index contributed by atoms with van der Waals surface area (Å²) in [6, 6.07) is 5.60. The number of nitrogens with one attached hydrogen (secondary N) is 1. The quantitative estimate of drug-likeness (QED) is 0.732. The van der Waals surface area contributed by atoms with E-state index in [0.29, 0.717) is 35.2 Å². The number of aryl methyl sites for hydroxylation is 1. The SMILES string of the molecule is Cc1cc(CCN[S@+]([O-])C(C)(C)C)c2oc(N3CCC(C)(C)CC3)cc(=O)c2c1. The van der Waals surface area contributed by atoms with E-state index in [4.69, 9.17) is 4.42 Å². The van der Waals surface area contributed by atoms with Crippen molar-refractivity contribution in [2.75, 3.05) is 24.5 Å². The van der Waals surface area contributed by atoms with Crippen molar-refractivity contribution in [3.63, 3.8) is 0 Å². The average Bonchev–Trinajstić information content (AvgIpc) is 2.61. The van der Waals surface area contributed by atoms with Gasteiger partial charge in [0.1, 0.15) is 10.3 Å². The minimum absolute atomic E-state index is 0.00209. The molecule has 0 amide bonds. The van der Waals surface area contributed by atoms with E-state index in [0.717, 1.165) is 37.1 Å². The second kappa shape index (κ2) is 8.32. The molecule has 160 valence electrons. The van der Waals surface area contributed by atoms with E-state index in [2.05, 4.69) is 29.5 Å². The topological polar surface area (TPSA) is 68.5 Å². The summed E-state index contributed by atoms with van der Waals surface area (Å²) in [5.41, 5.74) is 3.01. The van der Waals surface area contributed by atoms with Crippen LogP contribution in [-0.2, 0) is 17.8 Å². The maximum atomic E-state index is 12.8. The molecule has 6 heteroatoms. The highest BCUT2D eigenvalue weighted by atomic mass is 32.2. The van der Waals surface area contributed by atoms with Crippen LogP contribution in [0.15, 0.2) is 27.4 Å². The first-order chi connectivity index (χ1) is 13.5. The zero-order valence-corrected chi connectivity index (χ0v) is 19.4. The minimum atomic E-state index is -1.12. The average molecular weight is 419 g/mol. The monoisotopic (exact) mass is 418 g/mol. The number of anilines is 1. The molecule has 1 saturated heterocycles. The Hall–Kier alpha value is -1.50. The fourth-order valence-electron chi connectivity index (χ4n) is 3.64. The first-order valence-electron chi connectivity index (χ1n) is 10.4. The maximum Gasteiger partial charge on any atom is 0.199 e. The second-order valence-corrected chi connectivity index (χ2v) is 12.0. The summed E-state index contributed by atoms with van der Waals surface area (Å²) >= 11 is -1.12. The molecule has 1 atom stereocenters. The van der Waals surface area contributed by atoms with Crippen molar-refractivity contribution in [3.05, 3.63) is 39.5 Å². The van der Waals surface area contributed by atoms with Gasteiger partial charge in [-0.25, -0.2) is 0 Å². The summed E-state index contributed by atoms with van der Waals surface area (Å²) in [6.45, 7) is 14.8. The molecular weight excluding hydrogens is 384 g/mol. The molecule has 0 bridgehead atoms. The van der Waals surface area contributed by atoms with Gasteiger partial charge in [0, 0.05) is 37.1 Å². The van der Waals surface area contributed by atoms with Crippen LogP contribution in [-0.4, -0.2) is 28.9 Å². The van der Waals surface area contributed by atoms with Crippen LogP contribution in [0.25, 0.3) is 11.0 Å². The molecular formula is C23H34N2O3S. The van der Waals surface area contributed by atoms with Gasteiger partial charge in [-0.05, 0) is 69.6 Å². The highest BCUT2D eigenvalue weighted by molar-refractivity contribution is 7.90. The highest BCUT2D eigenvalue weighted by Crippen LogP contribution is 2.33. The van der Waals surface area contributed by atoms with Crippen molar-refractivity contribution in [3.8, 4) is 0 Å². The second-order valence-electron chi connectivity index (χ2n) is 9.93. The Labute approximate surface area is 177 Å². The van der Waals surface area contributed by atoms with Crippen LogP contribution >= 0.6 is 0 Å². The Morgan fingerprint density at radius 1 is 1.21 bits per heavy atom. The van der Waals surface area contributed by atoms with Gasteiger partial charge in [-0.2, -0.15) is 0 Å². The molecule has 0 radical (unpaired) electrons. The predicted molar refractivity (Wildman–Crippen MR) is 122 cm³/mol. The lowest BCUT2D eigenvalue weighted by atomic mass is 9.83. The lowest BCUT2D eigenvalue weighted by Crippen LogP contribution is -2.40. The molecule has 1 aliphatic rings. The van der Waals surface area contributed by atoms with Gasteiger partial charge in [0.15, 0.2) is 11.3 Å². The number of hydrogen-bond donors (Lipinski definition) is 1. The molecule has 2 aromatic rings. The first-order valence-corrected chi connectivity index (χ1v) is 11.6. The molecule has 1 aromatic heterocycles. The molecule has 1 aromatic carbocycles. The van der Waals surface area contributed by atoms with Gasteiger partial charge < -0.3 is 13.9 Å². The largest absolute Gasteiger partial charge is 0.598 e. The summed E-state index contributed by atoms with van der Waals surface area (Å²) < 4.78 is 21.3. The molecule has 1 aliphatic heterocycles. The Morgan fingerprint density at radius 2 is 1.86 bits per heavy atom. The van der Waals surface area contributed by atoms with E-state index >= 15 is 0 Å². The first kappa shape index (κ1) is 22.2. The number of piperidine rings is 1. The Balaban J connectivity index is 1.87. The van der Waals surface area contributed by atoms with Gasteiger partial charge >= 0.3 is 0 Å². The molecule has 2 heterocycles. The predicted octanol–water partition coefficient (Wildman–Crippen LogP) is 4.32. The summed E-state index contributed by atoms with van der Waals surface area (Å²) in [5, 5.41) is 0.623. The van der Waals surface area contributed by atoms with E-state index < -0.39 is 11.4 Å². The zero-order chi connectivity index (χ0) is 21.4. The Bertz CT molecular complexity index is 920. The van der Waals surface area contributed by atoms with Crippen LogP contribution in [0.5, 0.6) is 0 Å². The number of hydrogen-bond acceptors (Lipinski definition) is 5. The molecule has 0 unspecified atom stereocenters.